The second-order valence-electron chi connectivity index (χ2n) is 5.77. The topological polar surface area (TPSA) is 49.7 Å². The molecule has 0 fully saturated rings. The maximum absolute atomic E-state index is 10.0. The molecular weight excluding hydrogens is 312 g/mol. The maximum atomic E-state index is 10.0. The van der Waals surface area contributed by atoms with Crippen LogP contribution >= 0.6 is 11.6 Å². The highest BCUT2D eigenvalue weighted by Gasteiger charge is 2.10. The first kappa shape index (κ1) is 17.5. The minimum Gasteiger partial charge on any atom is -0.507 e. The van der Waals surface area contributed by atoms with Gasteiger partial charge in [-0.25, -0.2) is 0 Å². The zero-order valence-electron chi connectivity index (χ0n) is 13.3. The molecule has 0 spiro atoms. The Morgan fingerprint density at radius 3 is 2.48 bits per heavy atom. The molecule has 0 saturated carbocycles. The molecule has 23 heavy (non-hydrogen) atoms. The smallest absolute Gasteiger partial charge is 0.123 e. The number of hydrogen-bond donors (Lipinski definition) is 2. The quantitative estimate of drug-likeness (QED) is 0.516. The van der Waals surface area contributed by atoms with E-state index in [4.69, 9.17) is 16.3 Å². The number of ether oxygens (including phenoxy) is 1. The van der Waals surface area contributed by atoms with Crippen LogP contribution in [0.1, 0.15) is 26.2 Å². The molecule has 0 unspecified atom stereocenters. The normalized spacial score (nSPS) is 12.1. The highest BCUT2D eigenvalue weighted by atomic mass is 35.5. The standard InChI is InChI=1S/C19H23ClO3/c1-14(10-11-20)5-4-12-23-15-8-9-19(22)17(13-15)16-6-2-3-7-18(16)21/h2-3,6-9,13-14,21-22H,4-5,10-12H2,1H3/t14-/m1/s1. The summed E-state index contributed by atoms with van der Waals surface area (Å²) >= 11 is 5.73. The van der Waals surface area contributed by atoms with Gasteiger partial charge >= 0.3 is 0 Å². The lowest BCUT2D eigenvalue weighted by molar-refractivity contribution is 0.294. The highest BCUT2D eigenvalue weighted by Crippen LogP contribution is 2.37. The van der Waals surface area contributed by atoms with Crippen LogP contribution in [0.25, 0.3) is 11.1 Å². The second-order valence-corrected chi connectivity index (χ2v) is 6.15. The molecule has 4 heteroatoms. The third-order valence-corrected chi connectivity index (χ3v) is 4.09. The van der Waals surface area contributed by atoms with E-state index < -0.39 is 0 Å². The summed E-state index contributed by atoms with van der Waals surface area (Å²) in [4.78, 5) is 0. The predicted molar refractivity (Wildman–Crippen MR) is 94.4 cm³/mol. The molecule has 124 valence electrons. The van der Waals surface area contributed by atoms with Crippen molar-refractivity contribution < 1.29 is 14.9 Å². The van der Waals surface area contributed by atoms with E-state index in [1.165, 1.54) is 0 Å². The number of aromatic hydroxyl groups is 2. The highest BCUT2D eigenvalue weighted by molar-refractivity contribution is 6.17. The molecule has 0 radical (unpaired) electrons. The Morgan fingerprint density at radius 2 is 1.74 bits per heavy atom. The lowest BCUT2D eigenvalue weighted by Crippen LogP contribution is -2.02. The van der Waals surface area contributed by atoms with Crippen molar-refractivity contribution in [1.82, 2.24) is 0 Å². The Balaban J connectivity index is 1.99. The van der Waals surface area contributed by atoms with Crippen molar-refractivity contribution in [1.29, 1.82) is 0 Å². The van der Waals surface area contributed by atoms with Crippen LogP contribution in [-0.4, -0.2) is 22.7 Å². The van der Waals surface area contributed by atoms with Crippen molar-refractivity contribution in [3.63, 3.8) is 0 Å². The fourth-order valence-corrected chi connectivity index (χ4v) is 2.85. The van der Waals surface area contributed by atoms with Crippen LogP contribution in [0, 0.1) is 5.92 Å². The molecule has 0 aliphatic heterocycles. The lowest BCUT2D eigenvalue weighted by Gasteiger charge is -2.12. The molecular formula is C19H23ClO3. The molecule has 2 aromatic carbocycles. The first-order chi connectivity index (χ1) is 11.1. The zero-order valence-corrected chi connectivity index (χ0v) is 14.1. The van der Waals surface area contributed by atoms with Crippen LogP contribution in [0.5, 0.6) is 17.2 Å². The van der Waals surface area contributed by atoms with Gasteiger partial charge in [0.25, 0.3) is 0 Å². The van der Waals surface area contributed by atoms with E-state index in [1.54, 1.807) is 36.4 Å². The van der Waals surface area contributed by atoms with Gasteiger partial charge < -0.3 is 14.9 Å². The van der Waals surface area contributed by atoms with Crippen molar-refractivity contribution in [3.8, 4) is 28.4 Å². The molecule has 0 aliphatic rings. The Bertz CT molecular complexity index is 628. The van der Waals surface area contributed by atoms with Crippen molar-refractivity contribution in [2.24, 2.45) is 5.92 Å². The van der Waals surface area contributed by atoms with Gasteiger partial charge in [0, 0.05) is 17.0 Å². The van der Waals surface area contributed by atoms with E-state index in [0.717, 1.165) is 19.3 Å². The molecule has 3 nitrogen and oxygen atoms in total. The van der Waals surface area contributed by atoms with Gasteiger partial charge in [0.15, 0.2) is 0 Å². The number of benzene rings is 2. The van der Waals surface area contributed by atoms with E-state index in [0.29, 0.717) is 35.3 Å². The summed E-state index contributed by atoms with van der Waals surface area (Å²) in [6.45, 7) is 2.82. The van der Waals surface area contributed by atoms with Crippen LogP contribution in [0.4, 0.5) is 0 Å². The molecule has 0 amide bonds. The summed E-state index contributed by atoms with van der Waals surface area (Å²) < 4.78 is 5.77. The summed E-state index contributed by atoms with van der Waals surface area (Å²) in [5, 5.41) is 20.0. The van der Waals surface area contributed by atoms with Crippen molar-refractivity contribution in [2.45, 2.75) is 26.2 Å². The van der Waals surface area contributed by atoms with Gasteiger partial charge in [0.1, 0.15) is 17.2 Å². The minimum absolute atomic E-state index is 0.120. The maximum Gasteiger partial charge on any atom is 0.123 e. The van der Waals surface area contributed by atoms with Gasteiger partial charge in [0.2, 0.25) is 0 Å². The number of rotatable bonds is 8. The van der Waals surface area contributed by atoms with E-state index in [2.05, 4.69) is 6.92 Å². The van der Waals surface area contributed by atoms with E-state index in [9.17, 15) is 10.2 Å². The number of hydrogen-bond acceptors (Lipinski definition) is 3. The van der Waals surface area contributed by atoms with Gasteiger partial charge in [0.05, 0.1) is 6.61 Å². The minimum atomic E-state index is 0.120. The Kier molecular flexibility index (Phi) is 6.60. The monoisotopic (exact) mass is 334 g/mol. The molecule has 0 bridgehead atoms. The Labute approximate surface area is 142 Å². The van der Waals surface area contributed by atoms with Gasteiger partial charge in [-0.05, 0) is 49.4 Å². The molecule has 1 atom stereocenters. The summed E-state index contributed by atoms with van der Waals surface area (Å²) in [7, 11) is 0. The van der Waals surface area contributed by atoms with Crippen molar-refractivity contribution in [3.05, 3.63) is 42.5 Å². The lowest BCUT2D eigenvalue weighted by atomic mass is 10.0. The van der Waals surface area contributed by atoms with Crippen LogP contribution in [0.2, 0.25) is 0 Å². The fraction of sp³-hybridized carbons (Fsp3) is 0.368. The molecule has 0 aromatic heterocycles. The number of phenols is 2. The SMILES string of the molecule is C[C@@H](CCCl)CCCOc1ccc(O)c(-c2ccccc2O)c1. The number of phenolic OH excluding ortho intramolecular Hbond substituents is 2. The van der Waals surface area contributed by atoms with Crippen LogP contribution in [0.3, 0.4) is 0 Å². The summed E-state index contributed by atoms with van der Waals surface area (Å²) in [5.74, 6) is 2.24. The third kappa shape index (κ3) is 5.07. The third-order valence-electron chi connectivity index (χ3n) is 3.87. The van der Waals surface area contributed by atoms with E-state index in [-0.39, 0.29) is 11.5 Å². The van der Waals surface area contributed by atoms with Crippen LogP contribution in [-0.2, 0) is 0 Å². The van der Waals surface area contributed by atoms with Gasteiger partial charge in [-0.2, -0.15) is 0 Å². The number of alkyl halides is 1. The van der Waals surface area contributed by atoms with Crippen LogP contribution < -0.4 is 4.74 Å². The van der Waals surface area contributed by atoms with Gasteiger partial charge in [-0.3, -0.25) is 0 Å². The number of para-hydroxylation sites is 1. The molecule has 2 rings (SSSR count). The summed E-state index contributed by atoms with van der Waals surface area (Å²) in [5.41, 5.74) is 1.15. The largest absolute Gasteiger partial charge is 0.507 e. The molecule has 0 heterocycles. The average Bonchev–Trinajstić information content (AvgIpc) is 2.54. The summed E-state index contributed by atoms with van der Waals surface area (Å²) in [6, 6.07) is 12.0. The van der Waals surface area contributed by atoms with E-state index >= 15 is 0 Å². The van der Waals surface area contributed by atoms with Crippen molar-refractivity contribution >= 4 is 11.6 Å². The first-order valence-corrected chi connectivity index (χ1v) is 8.45. The van der Waals surface area contributed by atoms with Crippen LogP contribution in [0.15, 0.2) is 42.5 Å². The Hall–Kier alpha value is -1.87. The second kappa shape index (κ2) is 8.68. The molecule has 0 saturated heterocycles. The average molecular weight is 335 g/mol. The van der Waals surface area contributed by atoms with Gasteiger partial charge in [-0.15, -0.1) is 11.6 Å². The Morgan fingerprint density at radius 1 is 1.00 bits per heavy atom. The fourth-order valence-electron chi connectivity index (χ4n) is 2.47. The molecule has 2 aromatic rings. The van der Waals surface area contributed by atoms with Gasteiger partial charge in [-0.1, -0.05) is 25.1 Å². The zero-order chi connectivity index (χ0) is 16.7. The number of halogens is 1. The first-order valence-electron chi connectivity index (χ1n) is 7.92. The molecule has 2 N–H and O–H groups in total. The van der Waals surface area contributed by atoms with E-state index in [1.807, 2.05) is 6.07 Å². The van der Waals surface area contributed by atoms with Crippen molar-refractivity contribution in [2.75, 3.05) is 12.5 Å². The summed E-state index contributed by atoms with van der Waals surface area (Å²) in [6.07, 6.45) is 3.07. The predicted octanol–water partition coefficient (Wildman–Crippen LogP) is 5.19. The molecule has 0 aliphatic carbocycles.